The van der Waals surface area contributed by atoms with Gasteiger partial charge in [-0.3, -0.25) is 4.79 Å². The first-order chi connectivity index (χ1) is 7.75. The Bertz CT molecular complexity index is 381. The Morgan fingerprint density at radius 3 is 3.06 bits per heavy atom. The number of hydrogen-bond acceptors (Lipinski definition) is 2. The summed E-state index contributed by atoms with van der Waals surface area (Å²) >= 11 is 3.39. The molecule has 0 bridgehead atoms. The molecule has 1 aromatic carbocycles. The monoisotopic (exact) mass is 283 g/mol. The van der Waals surface area contributed by atoms with Gasteiger partial charge in [0.1, 0.15) is 5.75 Å². The van der Waals surface area contributed by atoms with Crippen LogP contribution in [0.25, 0.3) is 0 Å². The highest BCUT2D eigenvalue weighted by Gasteiger charge is 2.23. The normalized spacial score (nSPS) is 19.6. The molecule has 1 unspecified atom stereocenters. The lowest BCUT2D eigenvalue weighted by Gasteiger charge is -2.09. The fourth-order valence-corrected chi connectivity index (χ4v) is 2.17. The number of halogens is 1. The molecular weight excluding hydrogens is 270 g/mol. The largest absolute Gasteiger partial charge is 0.494 e. The maximum Gasteiger partial charge on any atom is 0.223 e. The number of carbonyl (C=O) groups is 1. The Morgan fingerprint density at radius 2 is 2.38 bits per heavy atom. The average Bonchev–Trinajstić information content (AvgIpc) is 2.65. The number of rotatable bonds is 4. The maximum absolute atomic E-state index is 11.3. The quantitative estimate of drug-likeness (QED) is 0.921. The number of carbonyl (C=O) groups excluding carboxylic acids is 1. The molecule has 4 heteroatoms. The molecule has 1 atom stereocenters. The van der Waals surface area contributed by atoms with E-state index in [1.54, 1.807) is 0 Å². The first-order valence-electron chi connectivity index (χ1n) is 5.42. The van der Waals surface area contributed by atoms with Gasteiger partial charge in [-0.15, -0.1) is 0 Å². The molecule has 0 radical (unpaired) electrons. The van der Waals surface area contributed by atoms with Gasteiger partial charge in [0.05, 0.1) is 6.61 Å². The molecule has 2 rings (SSSR count). The predicted molar refractivity (Wildman–Crippen MR) is 65.4 cm³/mol. The first-order valence-corrected chi connectivity index (χ1v) is 6.21. The van der Waals surface area contributed by atoms with Crippen molar-refractivity contribution in [2.24, 2.45) is 5.92 Å². The molecule has 1 aliphatic heterocycles. The van der Waals surface area contributed by atoms with Crippen LogP contribution in [0.5, 0.6) is 5.75 Å². The van der Waals surface area contributed by atoms with Crippen LogP contribution in [-0.2, 0) is 4.79 Å². The van der Waals surface area contributed by atoms with Crippen LogP contribution in [0.4, 0.5) is 0 Å². The second-order valence-electron chi connectivity index (χ2n) is 3.87. The van der Waals surface area contributed by atoms with E-state index in [1.165, 1.54) is 0 Å². The minimum Gasteiger partial charge on any atom is -0.494 e. The summed E-state index contributed by atoms with van der Waals surface area (Å²) in [4.78, 5) is 11.3. The zero-order chi connectivity index (χ0) is 11.4. The summed E-state index contributed by atoms with van der Waals surface area (Å²) in [5.74, 6) is 1.14. The van der Waals surface area contributed by atoms with Crippen molar-refractivity contribution < 1.29 is 9.53 Å². The van der Waals surface area contributed by atoms with Gasteiger partial charge in [0.15, 0.2) is 0 Å². The molecule has 0 spiro atoms. The molecule has 1 heterocycles. The molecule has 1 aliphatic rings. The predicted octanol–water partition coefficient (Wildman–Crippen LogP) is 2.35. The Hall–Kier alpha value is -1.03. The molecule has 86 valence electrons. The van der Waals surface area contributed by atoms with Gasteiger partial charge in [-0.2, -0.15) is 0 Å². The zero-order valence-corrected chi connectivity index (χ0v) is 10.5. The Morgan fingerprint density at radius 1 is 1.50 bits per heavy atom. The van der Waals surface area contributed by atoms with Gasteiger partial charge in [0, 0.05) is 16.9 Å². The number of ether oxygens (including phenoxy) is 1. The van der Waals surface area contributed by atoms with E-state index < -0.39 is 0 Å². The molecular formula is C12H14BrNO2. The molecule has 16 heavy (non-hydrogen) atoms. The van der Waals surface area contributed by atoms with Gasteiger partial charge in [-0.1, -0.05) is 22.0 Å². The van der Waals surface area contributed by atoms with Crippen LogP contribution >= 0.6 is 15.9 Å². The van der Waals surface area contributed by atoms with Crippen LogP contribution in [-0.4, -0.2) is 19.1 Å². The van der Waals surface area contributed by atoms with Crippen LogP contribution < -0.4 is 10.1 Å². The smallest absolute Gasteiger partial charge is 0.223 e. The van der Waals surface area contributed by atoms with Crippen molar-refractivity contribution in [3.63, 3.8) is 0 Å². The third-order valence-corrected chi connectivity index (χ3v) is 3.19. The van der Waals surface area contributed by atoms with Crippen molar-refractivity contribution in [3.05, 3.63) is 28.7 Å². The van der Waals surface area contributed by atoms with Crippen molar-refractivity contribution in [1.29, 1.82) is 0 Å². The van der Waals surface area contributed by atoms with E-state index in [9.17, 15) is 4.79 Å². The van der Waals surface area contributed by atoms with Crippen molar-refractivity contribution in [2.45, 2.75) is 12.8 Å². The van der Waals surface area contributed by atoms with Crippen LogP contribution in [0.3, 0.4) is 0 Å². The zero-order valence-electron chi connectivity index (χ0n) is 8.91. The Kier molecular flexibility index (Phi) is 3.83. The van der Waals surface area contributed by atoms with Gasteiger partial charge in [-0.05, 0) is 31.0 Å². The summed E-state index contributed by atoms with van der Waals surface area (Å²) in [6, 6.07) is 7.73. The van der Waals surface area contributed by atoms with E-state index in [4.69, 9.17) is 4.74 Å². The van der Waals surface area contributed by atoms with Crippen molar-refractivity contribution >= 4 is 21.8 Å². The molecule has 1 N–H and O–H groups in total. The molecule has 1 saturated heterocycles. The van der Waals surface area contributed by atoms with Crippen molar-refractivity contribution in [1.82, 2.24) is 5.32 Å². The van der Waals surface area contributed by atoms with E-state index in [0.717, 1.165) is 29.6 Å². The lowest BCUT2D eigenvalue weighted by molar-refractivity contribution is -0.122. The Balaban J connectivity index is 1.77. The molecule has 1 amide bonds. The van der Waals surface area contributed by atoms with E-state index in [1.807, 2.05) is 24.3 Å². The highest BCUT2D eigenvalue weighted by molar-refractivity contribution is 9.10. The summed E-state index contributed by atoms with van der Waals surface area (Å²) in [6.45, 7) is 1.40. The minimum absolute atomic E-state index is 0.132. The second-order valence-corrected chi connectivity index (χ2v) is 4.79. The third kappa shape index (κ3) is 2.98. The van der Waals surface area contributed by atoms with Crippen LogP contribution in [0.1, 0.15) is 12.8 Å². The highest BCUT2D eigenvalue weighted by atomic mass is 79.9. The minimum atomic E-state index is 0.132. The molecule has 0 aromatic heterocycles. The summed E-state index contributed by atoms with van der Waals surface area (Å²) in [5, 5.41) is 2.83. The van der Waals surface area contributed by atoms with Gasteiger partial charge in [-0.25, -0.2) is 0 Å². The van der Waals surface area contributed by atoms with Gasteiger partial charge < -0.3 is 10.1 Å². The number of benzene rings is 1. The summed E-state index contributed by atoms with van der Waals surface area (Å²) in [5.41, 5.74) is 0. The number of hydrogen-bond donors (Lipinski definition) is 1. The van der Waals surface area contributed by atoms with Crippen LogP contribution in [0, 0.1) is 5.92 Å². The number of nitrogens with one attached hydrogen (secondary N) is 1. The summed E-state index contributed by atoms with van der Waals surface area (Å²) in [7, 11) is 0. The summed E-state index contributed by atoms with van der Waals surface area (Å²) < 4.78 is 6.59. The second kappa shape index (κ2) is 5.34. The van der Waals surface area contributed by atoms with E-state index in [0.29, 0.717) is 6.61 Å². The number of amides is 1. The van der Waals surface area contributed by atoms with Gasteiger partial charge >= 0.3 is 0 Å². The van der Waals surface area contributed by atoms with E-state index >= 15 is 0 Å². The molecule has 0 saturated carbocycles. The highest BCUT2D eigenvalue weighted by Crippen LogP contribution is 2.19. The van der Waals surface area contributed by atoms with Crippen molar-refractivity contribution in [2.75, 3.05) is 13.2 Å². The van der Waals surface area contributed by atoms with Gasteiger partial charge in [0.2, 0.25) is 5.91 Å². The fraction of sp³-hybridized carbons (Fsp3) is 0.417. The van der Waals surface area contributed by atoms with Crippen molar-refractivity contribution in [3.8, 4) is 5.75 Å². The van der Waals surface area contributed by atoms with Crippen LogP contribution in [0.2, 0.25) is 0 Å². The molecule has 0 aliphatic carbocycles. The standard InChI is InChI=1S/C12H14BrNO2/c13-10-2-1-3-11(8-10)16-7-5-9-4-6-14-12(9)15/h1-3,8-9H,4-7H2,(H,14,15). The topological polar surface area (TPSA) is 38.3 Å². The molecule has 1 fully saturated rings. The third-order valence-electron chi connectivity index (χ3n) is 2.69. The Labute approximate surface area is 103 Å². The average molecular weight is 284 g/mol. The first kappa shape index (κ1) is 11.5. The summed E-state index contributed by atoms with van der Waals surface area (Å²) in [6.07, 6.45) is 1.72. The SMILES string of the molecule is O=C1NCCC1CCOc1cccc(Br)c1. The van der Waals surface area contributed by atoms with Crippen LogP contribution in [0.15, 0.2) is 28.7 Å². The lowest BCUT2D eigenvalue weighted by atomic mass is 10.1. The molecule has 3 nitrogen and oxygen atoms in total. The van der Waals surface area contributed by atoms with E-state index in [-0.39, 0.29) is 11.8 Å². The molecule has 1 aromatic rings. The van der Waals surface area contributed by atoms with Gasteiger partial charge in [0.25, 0.3) is 0 Å². The lowest BCUT2D eigenvalue weighted by Crippen LogP contribution is -2.20. The maximum atomic E-state index is 11.3. The van der Waals surface area contributed by atoms with E-state index in [2.05, 4.69) is 21.2 Å². The fourth-order valence-electron chi connectivity index (χ4n) is 1.80.